The fourth-order valence-corrected chi connectivity index (χ4v) is 2.93. The molecule has 0 aromatic heterocycles. The third-order valence-corrected chi connectivity index (χ3v) is 3.86. The summed E-state index contributed by atoms with van der Waals surface area (Å²) in [6.45, 7) is 6.94. The summed E-state index contributed by atoms with van der Waals surface area (Å²) < 4.78 is 10.8. The molecule has 1 saturated heterocycles. The zero-order valence-corrected chi connectivity index (χ0v) is 12.9. The maximum absolute atomic E-state index is 11.9. The van der Waals surface area contributed by atoms with Crippen LogP contribution in [-0.2, 0) is 9.47 Å². The molecule has 1 amide bonds. The summed E-state index contributed by atoms with van der Waals surface area (Å²) in [7, 11) is 0. The molecule has 1 saturated carbocycles. The summed E-state index contributed by atoms with van der Waals surface area (Å²) in [6, 6.07) is 0.889. The van der Waals surface area contributed by atoms with Gasteiger partial charge < -0.3 is 20.1 Å². The van der Waals surface area contributed by atoms with Crippen LogP contribution in [0, 0.1) is 0 Å². The van der Waals surface area contributed by atoms with Crippen molar-refractivity contribution >= 4 is 6.09 Å². The largest absolute Gasteiger partial charge is 0.444 e. The fourth-order valence-electron chi connectivity index (χ4n) is 2.93. The highest BCUT2D eigenvalue weighted by Crippen LogP contribution is 2.20. The first-order valence-corrected chi connectivity index (χ1v) is 7.77. The minimum atomic E-state index is -0.464. The molecule has 1 unspecified atom stereocenters. The van der Waals surface area contributed by atoms with Crippen LogP contribution in [0.3, 0.4) is 0 Å². The van der Waals surface area contributed by atoms with E-state index in [1.807, 2.05) is 20.8 Å². The number of hydrogen-bond donors (Lipinski definition) is 2. The smallest absolute Gasteiger partial charge is 0.408 e. The maximum Gasteiger partial charge on any atom is 0.408 e. The molecule has 2 atom stereocenters. The van der Waals surface area contributed by atoms with Crippen LogP contribution < -0.4 is 10.6 Å². The van der Waals surface area contributed by atoms with Crippen LogP contribution >= 0.6 is 0 Å². The summed E-state index contributed by atoms with van der Waals surface area (Å²) in [5.74, 6) is 0. The van der Waals surface area contributed by atoms with Crippen LogP contribution in [0.15, 0.2) is 0 Å². The van der Waals surface area contributed by atoms with E-state index in [-0.39, 0.29) is 12.1 Å². The van der Waals surface area contributed by atoms with Gasteiger partial charge in [-0.15, -0.1) is 0 Å². The monoisotopic (exact) mass is 284 g/mol. The van der Waals surface area contributed by atoms with Gasteiger partial charge in [0.25, 0.3) is 0 Å². The van der Waals surface area contributed by atoms with E-state index in [4.69, 9.17) is 9.47 Å². The summed E-state index contributed by atoms with van der Waals surface area (Å²) in [4.78, 5) is 11.9. The van der Waals surface area contributed by atoms with Gasteiger partial charge in [0.2, 0.25) is 0 Å². The number of nitrogens with one attached hydrogen (secondary N) is 2. The molecule has 2 N–H and O–H groups in total. The highest BCUT2D eigenvalue weighted by molar-refractivity contribution is 5.68. The first kappa shape index (κ1) is 15.6. The topological polar surface area (TPSA) is 59.6 Å². The van der Waals surface area contributed by atoms with Crippen molar-refractivity contribution in [2.24, 2.45) is 0 Å². The molecular weight excluding hydrogens is 256 g/mol. The average molecular weight is 284 g/mol. The summed E-state index contributed by atoms with van der Waals surface area (Å²) in [5.41, 5.74) is -0.464. The first-order valence-electron chi connectivity index (χ1n) is 7.77. The normalized spacial score (nSPS) is 28.4. The maximum atomic E-state index is 11.9. The Balaban J connectivity index is 1.84. The number of ether oxygens (including phenoxy) is 2. The lowest BCUT2D eigenvalue weighted by atomic mass is 10.0. The Kier molecular flexibility index (Phi) is 5.27. The van der Waals surface area contributed by atoms with Crippen LogP contribution in [0.4, 0.5) is 4.79 Å². The van der Waals surface area contributed by atoms with E-state index in [1.165, 1.54) is 25.7 Å². The van der Waals surface area contributed by atoms with Crippen LogP contribution in [0.25, 0.3) is 0 Å². The Morgan fingerprint density at radius 3 is 2.50 bits per heavy atom. The van der Waals surface area contributed by atoms with Gasteiger partial charge in [-0.3, -0.25) is 0 Å². The molecule has 0 radical (unpaired) electrons. The molecule has 1 heterocycles. The van der Waals surface area contributed by atoms with Gasteiger partial charge in [-0.2, -0.15) is 0 Å². The Morgan fingerprint density at radius 1 is 1.15 bits per heavy atom. The van der Waals surface area contributed by atoms with Crippen molar-refractivity contribution in [1.29, 1.82) is 0 Å². The van der Waals surface area contributed by atoms with E-state index in [1.54, 1.807) is 0 Å². The minimum Gasteiger partial charge on any atom is -0.444 e. The second kappa shape index (κ2) is 6.76. The Bertz CT molecular complexity index is 322. The van der Waals surface area contributed by atoms with E-state index < -0.39 is 5.60 Å². The first-order chi connectivity index (χ1) is 9.44. The molecule has 0 spiro atoms. The molecule has 0 aromatic rings. The van der Waals surface area contributed by atoms with Crippen molar-refractivity contribution in [3.05, 3.63) is 0 Å². The molecule has 0 aromatic carbocycles. The molecule has 1 aliphatic carbocycles. The third-order valence-electron chi connectivity index (χ3n) is 3.86. The third kappa shape index (κ3) is 4.94. The molecule has 2 rings (SSSR count). The predicted molar refractivity (Wildman–Crippen MR) is 77.8 cm³/mol. The lowest BCUT2D eigenvalue weighted by Crippen LogP contribution is -2.57. The lowest BCUT2D eigenvalue weighted by Gasteiger charge is -2.35. The van der Waals surface area contributed by atoms with E-state index in [9.17, 15) is 4.79 Å². The second-order valence-electron chi connectivity index (χ2n) is 6.87. The zero-order valence-electron chi connectivity index (χ0n) is 12.9. The molecule has 2 aliphatic rings. The van der Waals surface area contributed by atoms with Gasteiger partial charge in [0.05, 0.1) is 12.6 Å². The zero-order chi connectivity index (χ0) is 14.6. The van der Waals surface area contributed by atoms with Gasteiger partial charge in [0, 0.05) is 18.7 Å². The number of carbonyl (C=O) groups is 1. The lowest BCUT2D eigenvalue weighted by molar-refractivity contribution is 0.0239. The Labute approximate surface area is 121 Å². The molecule has 1 aliphatic heterocycles. The summed E-state index contributed by atoms with van der Waals surface area (Å²) in [6.07, 6.45) is 5.70. The van der Waals surface area contributed by atoms with Gasteiger partial charge in [0.1, 0.15) is 5.60 Å². The number of amides is 1. The second-order valence-corrected chi connectivity index (χ2v) is 6.87. The van der Waals surface area contributed by atoms with Crippen molar-refractivity contribution in [2.75, 3.05) is 13.2 Å². The molecule has 5 nitrogen and oxygen atoms in total. The number of carbonyl (C=O) groups excluding carboxylic acids is 1. The molecule has 20 heavy (non-hydrogen) atoms. The average Bonchev–Trinajstić information content (AvgIpc) is 2.82. The van der Waals surface area contributed by atoms with Gasteiger partial charge >= 0.3 is 6.09 Å². The molecular formula is C15H28N2O3. The predicted octanol–water partition coefficient (Wildman–Crippen LogP) is 2.20. The number of hydrogen-bond acceptors (Lipinski definition) is 4. The van der Waals surface area contributed by atoms with Gasteiger partial charge in [-0.1, -0.05) is 12.8 Å². The Hall–Kier alpha value is -0.810. The molecule has 2 fully saturated rings. The Morgan fingerprint density at radius 2 is 1.85 bits per heavy atom. The standard InChI is InChI=1S/C15H28N2O3/c1-15(2,3)20-14(18)17-13-10-19-9-8-12(13)16-11-6-4-5-7-11/h11-13,16H,4-10H2,1-3H3,(H,17,18)/t12-,13?/m0/s1. The van der Waals surface area contributed by atoms with Gasteiger partial charge in [-0.05, 0) is 40.0 Å². The molecule has 5 heteroatoms. The van der Waals surface area contributed by atoms with Gasteiger partial charge in [0.15, 0.2) is 0 Å². The SMILES string of the molecule is CC(C)(C)OC(=O)NC1COCC[C@@H]1NC1CCCC1. The summed E-state index contributed by atoms with van der Waals surface area (Å²) >= 11 is 0. The van der Waals surface area contributed by atoms with E-state index in [2.05, 4.69) is 10.6 Å². The number of rotatable bonds is 3. The van der Waals surface area contributed by atoms with Crippen LogP contribution in [0.2, 0.25) is 0 Å². The summed E-state index contributed by atoms with van der Waals surface area (Å²) in [5, 5.41) is 6.64. The van der Waals surface area contributed by atoms with Crippen LogP contribution in [0.1, 0.15) is 52.9 Å². The highest BCUT2D eigenvalue weighted by Gasteiger charge is 2.31. The fraction of sp³-hybridized carbons (Fsp3) is 0.933. The van der Waals surface area contributed by atoms with E-state index in [0.29, 0.717) is 18.7 Å². The van der Waals surface area contributed by atoms with E-state index in [0.717, 1.165) is 13.0 Å². The van der Waals surface area contributed by atoms with Crippen LogP contribution in [-0.4, -0.2) is 43.0 Å². The highest BCUT2D eigenvalue weighted by atomic mass is 16.6. The van der Waals surface area contributed by atoms with Crippen molar-refractivity contribution in [2.45, 2.75) is 76.6 Å². The number of alkyl carbamates (subject to hydrolysis) is 1. The van der Waals surface area contributed by atoms with Crippen molar-refractivity contribution in [3.8, 4) is 0 Å². The molecule has 116 valence electrons. The van der Waals surface area contributed by atoms with Crippen molar-refractivity contribution in [3.63, 3.8) is 0 Å². The van der Waals surface area contributed by atoms with Crippen molar-refractivity contribution in [1.82, 2.24) is 10.6 Å². The molecule has 0 bridgehead atoms. The van der Waals surface area contributed by atoms with Crippen LogP contribution in [0.5, 0.6) is 0 Å². The quantitative estimate of drug-likeness (QED) is 0.834. The van der Waals surface area contributed by atoms with Gasteiger partial charge in [-0.25, -0.2) is 4.79 Å². The minimum absolute atomic E-state index is 0.000741. The van der Waals surface area contributed by atoms with Crippen molar-refractivity contribution < 1.29 is 14.3 Å². The van der Waals surface area contributed by atoms with E-state index >= 15 is 0 Å².